The number of amides is 1. The molecule has 0 radical (unpaired) electrons. The fraction of sp³-hybridized carbons (Fsp3) is 0.200. The van der Waals surface area contributed by atoms with Gasteiger partial charge in [0.1, 0.15) is 0 Å². The summed E-state index contributed by atoms with van der Waals surface area (Å²) < 4.78 is -1.17. The van der Waals surface area contributed by atoms with Gasteiger partial charge in [-0.05, 0) is 19.1 Å². The lowest BCUT2D eigenvalue weighted by atomic mass is 10.1. The molecular formula is C10H9Br2NO4. The number of halogens is 2. The number of nitrogens with zero attached hydrogens (tertiary/aromatic N) is 1. The molecule has 5 nitrogen and oxygen atoms in total. The van der Waals surface area contributed by atoms with Crippen molar-refractivity contribution in [3.63, 3.8) is 0 Å². The van der Waals surface area contributed by atoms with Gasteiger partial charge in [-0.15, -0.1) is 0 Å². The molecular weight excluding hydrogens is 358 g/mol. The number of hydrogen-bond acceptors (Lipinski definition) is 3. The van der Waals surface area contributed by atoms with Crippen LogP contribution in [0.1, 0.15) is 17.3 Å². The Hall–Kier alpha value is -0.920. The molecule has 0 aromatic heterocycles. The number of rotatable bonds is 3. The molecule has 0 saturated heterocycles. The van der Waals surface area contributed by atoms with Gasteiger partial charge in [-0.1, -0.05) is 44.0 Å². The lowest BCUT2D eigenvalue weighted by molar-refractivity contribution is -0.123. The van der Waals surface area contributed by atoms with Crippen molar-refractivity contribution in [1.82, 2.24) is 0 Å². The van der Waals surface area contributed by atoms with Crippen LogP contribution in [0.15, 0.2) is 24.3 Å². The zero-order valence-corrected chi connectivity index (χ0v) is 11.9. The van der Waals surface area contributed by atoms with Crippen molar-refractivity contribution in [2.75, 3.05) is 5.06 Å². The Kier molecular flexibility index (Phi) is 4.29. The molecule has 1 amide bonds. The maximum absolute atomic E-state index is 11.7. The van der Waals surface area contributed by atoms with Crippen LogP contribution in [0.2, 0.25) is 0 Å². The van der Waals surface area contributed by atoms with Crippen LogP contribution in [0.5, 0.6) is 0 Å². The number of benzene rings is 1. The first-order valence-electron chi connectivity index (χ1n) is 4.48. The molecule has 0 aliphatic carbocycles. The first-order valence-corrected chi connectivity index (χ1v) is 6.07. The number of hydroxylamine groups is 1. The fourth-order valence-corrected chi connectivity index (χ4v) is 1.47. The third-order valence-corrected chi connectivity index (χ3v) is 2.61. The summed E-state index contributed by atoms with van der Waals surface area (Å²) in [5.74, 6) is -1.95. The lowest BCUT2D eigenvalue weighted by Gasteiger charge is -2.22. The molecule has 0 aliphatic rings. The molecule has 17 heavy (non-hydrogen) atoms. The van der Waals surface area contributed by atoms with Crippen molar-refractivity contribution in [2.24, 2.45) is 0 Å². The molecule has 92 valence electrons. The van der Waals surface area contributed by atoms with Crippen molar-refractivity contribution in [1.29, 1.82) is 0 Å². The van der Waals surface area contributed by atoms with Crippen molar-refractivity contribution < 1.29 is 19.9 Å². The number of carbonyl (C=O) groups excluding carboxylic acids is 1. The summed E-state index contributed by atoms with van der Waals surface area (Å²) in [4.78, 5) is 22.7. The van der Waals surface area contributed by atoms with Gasteiger partial charge < -0.3 is 5.11 Å². The van der Waals surface area contributed by atoms with Gasteiger partial charge in [0.05, 0.1) is 11.3 Å². The van der Waals surface area contributed by atoms with Crippen molar-refractivity contribution in [3.8, 4) is 0 Å². The average molecular weight is 367 g/mol. The molecule has 7 heteroatoms. The molecule has 1 rings (SSSR count). The van der Waals surface area contributed by atoms with E-state index < -0.39 is 15.1 Å². The van der Waals surface area contributed by atoms with E-state index in [-0.39, 0.29) is 11.3 Å². The molecule has 0 fully saturated rings. The summed E-state index contributed by atoms with van der Waals surface area (Å²) in [6.07, 6.45) is 0. The summed E-state index contributed by atoms with van der Waals surface area (Å²) in [6.45, 7) is 1.47. The van der Waals surface area contributed by atoms with Gasteiger partial charge in [0, 0.05) is 0 Å². The predicted molar refractivity (Wildman–Crippen MR) is 68.9 cm³/mol. The monoisotopic (exact) mass is 365 g/mol. The number of aromatic carboxylic acids is 1. The molecule has 1 aromatic rings. The van der Waals surface area contributed by atoms with E-state index in [9.17, 15) is 14.8 Å². The Balaban J connectivity index is 3.17. The van der Waals surface area contributed by atoms with Crippen LogP contribution in [-0.4, -0.2) is 25.4 Å². The zero-order chi connectivity index (χ0) is 13.2. The van der Waals surface area contributed by atoms with E-state index in [2.05, 4.69) is 31.9 Å². The van der Waals surface area contributed by atoms with Gasteiger partial charge >= 0.3 is 5.97 Å². The van der Waals surface area contributed by atoms with Crippen molar-refractivity contribution in [2.45, 2.75) is 10.2 Å². The first kappa shape index (κ1) is 14.1. The van der Waals surface area contributed by atoms with Crippen molar-refractivity contribution in [3.05, 3.63) is 29.8 Å². The maximum atomic E-state index is 11.7. The second kappa shape index (κ2) is 5.16. The minimum atomic E-state index is -1.22. The fourth-order valence-electron chi connectivity index (χ4n) is 1.13. The molecule has 0 saturated carbocycles. The minimum Gasteiger partial charge on any atom is -0.478 e. The Labute approximate surface area is 114 Å². The maximum Gasteiger partial charge on any atom is 0.337 e. The molecule has 0 spiro atoms. The molecule has 0 atom stereocenters. The Morgan fingerprint density at radius 1 is 1.29 bits per heavy atom. The third-order valence-electron chi connectivity index (χ3n) is 1.93. The summed E-state index contributed by atoms with van der Waals surface area (Å²) >= 11 is 6.04. The van der Waals surface area contributed by atoms with Crippen LogP contribution >= 0.6 is 31.9 Å². The number of carboxylic acids is 1. The highest BCUT2D eigenvalue weighted by Crippen LogP contribution is 2.30. The smallest absolute Gasteiger partial charge is 0.337 e. The van der Waals surface area contributed by atoms with Crippen molar-refractivity contribution >= 4 is 49.4 Å². The summed E-state index contributed by atoms with van der Waals surface area (Å²) in [6, 6.07) is 5.67. The Morgan fingerprint density at radius 3 is 2.29 bits per heavy atom. The molecule has 1 aromatic carbocycles. The normalized spacial score (nSPS) is 11.1. The molecule has 0 aliphatic heterocycles. The molecule has 0 unspecified atom stereocenters. The highest BCUT2D eigenvalue weighted by Gasteiger charge is 2.33. The van der Waals surface area contributed by atoms with E-state index in [4.69, 9.17) is 5.11 Å². The largest absolute Gasteiger partial charge is 0.478 e. The first-order chi connectivity index (χ1) is 7.75. The zero-order valence-electron chi connectivity index (χ0n) is 8.72. The van der Waals surface area contributed by atoms with E-state index in [0.29, 0.717) is 5.06 Å². The van der Waals surface area contributed by atoms with Crippen LogP contribution in [-0.2, 0) is 4.79 Å². The highest BCUT2D eigenvalue weighted by atomic mass is 79.9. The number of alkyl halides is 2. The number of hydrogen-bond donors (Lipinski definition) is 2. The Bertz CT molecular complexity index is 456. The molecule has 2 N–H and O–H groups in total. The number of anilines is 1. The van der Waals surface area contributed by atoms with Crippen LogP contribution < -0.4 is 5.06 Å². The van der Waals surface area contributed by atoms with Gasteiger partial charge in [-0.2, -0.15) is 5.06 Å². The van der Waals surface area contributed by atoms with Crippen LogP contribution in [0.25, 0.3) is 0 Å². The topological polar surface area (TPSA) is 77.8 Å². The standard InChI is InChI=1S/C10H9Br2NO4/c1-10(11,12)9(16)13(17)7-5-3-2-4-6(7)8(14)15/h2-5,17H,1H3,(H,14,15). The van der Waals surface area contributed by atoms with Gasteiger partial charge in [0.2, 0.25) is 0 Å². The predicted octanol–water partition coefficient (Wildman–Crippen LogP) is 2.61. The lowest BCUT2D eigenvalue weighted by Crippen LogP contribution is -2.38. The van der Waals surface area contributed by atoms with Gasteiger partial charge in [0.15, 0.2) is 3.23 Å². The van der Waals surface area contributed by atoms with Crippen LogP contribution in [0.3, 0.4) is 0 Å². The van der Waals surface area contributed by atoms with E-state index in [0.717, 1.165) is 0 Å². The Morgan fingerprint density at radius 2 is 1.82 bits per heavy atom. The van der Waals surface area contributed by atoms with Crippen LogP contribution in [0, 0.1) is 0 Å². The summed E-state index contributed by atoms with van der Waals surface area (Å²) in [5, 5.41) is 18.9. The second-order valence-electron chi connectivity index (χ2n) is 3.33. The minimum absolute atomic E-state index is 0.0878. The average Bonchev–Trinajstić information content (AvgIpc) is 2.25. The van der Waals surface area contributed by atoms with E-state index in [1.807, 2.05) is 0 Å². The third kappa shape index (κ3) is 3.27. The van der Waals surface area contributed by atoms with E-state index in [1.165, 1.54) is 31.2 Å². The van der Waals surface area contributed by atoms with Gasteiger partial charge in [-0.25, -0.2) is 4.79 Å². The quantitative estimate of drug-likeness (QED) is 0.489. The molecule has 0 bridgehead atoms. The number of para-hydroxylation sites is 1. The number of carboxylic acid groups (broad SMARTS) is 1. The van der Waals surface area contributed by atoms with Crippen LogP contribution in [0.4, 0.5) is 5.69 Å². The highest BCUT2D eigenvalue weighted by molar-refractivity contribution is 9.25. The SMILES string of the molecule is CC(Br)(Br)C(=O)N(O)c1ccccc1C(=O)O. The summed E-state index contributed by atoms with van der Waals surface area (Å²) in [7, 11) is 0. The van der Waals surface area contributed by atoms with Gasteiger partial charge in [-0.3, -0.25) is 10.0 Å². The second-order valence-corrected chi connectivity index (χ2v) is 7.56. The van der Waals surface area contributed by atoms with Gasteiger partial charge in [0.25, 0.3) is 5.91 Å². The van der Waals surface area contributed by atoms with E-state index in [1.54, 1.807) is 0 Å². The molecule has 0 heterocycles. The number of carbonyl (C=O) groups is 2. The van der Waals surface area contributed by atoms with E-state index >= 15 is 0 Å². The summed E-state index contributed by atoms with van der Waals surface area (Å²) in [5.41, 5.74) is -0.247.